The fourth-order valence-electron chi connectivity index (χ4n) is 7.18. The molecule has 0 saturated carbocycles. The lowest BCUT2D eigenvalue weighted by Crippen LogP contribution is -2.52. The molecular weight excluding hydrogens is 891 g/mol. The van der Waals surface area contributed by atoms with E-state index >= 15 is 0 Å². The van der Waals surface area contributed by atoms with Crippen LogP contribution in [0.1, 0.15) is 45.7 Å². The Labute approximate surface area is 385 Å². The van der Waals surface area contributed by atoms with Gasteiger partial charge in [-0.1, -0.05) is 73.4 Å². The highest BCUT2D eigenvalue weighted by Gasteiger charge is 2.29. The number of hydrogen-bond donors (Lipinski definition) is 2. The SMILES string of the molecule is CCN1CCN(C(=O)N(Cc2ccc(C(=O)CN)cc2F)c2cccc(Cl)c2)CC1.CCN1CCN(C(=O)N(Cc2ccc(C(=O)CNC(=O)C(F)F)cc2F)c2cccc(Cl)c2)CC1. The number of benzene rings is 4. The van der Waals surface area contributed by atoms with Gasteiger partial charge in [0.15, 0.2) is 11.6 Å². The predicted octanol–water partition coefficient (Wildman–Crippen LogP) is 7.19. The lowest BCUT2D eigenvalue weighted by molar-refractivity contribution is -0.131. The molecule has 0 unspecified atom stereocenters. The smallest absolute Gasteiger partial charge is 0.324 e. The fourth-order valence-corrected chi connectivity index (χ4v) is 7.55. The Hall–Kier alpha value is -5.59. The van der Waals surface area contributed by atoms with Crippen LogP contribution in [0.15, 0.2) is 84.9 Å². The van der Waals surface area contributed by atoms with E-state index in [-0.39, 0.29) is 54.2 Å². The summed E-state index contributed by atoms with van der Waals surface area (Å²) in [5.41, 5.74) is 7.04. The van der Waals surface area contributed by atoms with E-state index < -0.39 is 36.3 Å². The summed E-state index contributed by atoms with van der Waals surface area (Å²) in [4.78, 5) is 72.6. The first-order valence-corrected chi connectivity index (χ1v) is 21.9. The Morgan fingerprint density at radius 2 is 1.05 bits per heavy atom. The monoisotopic (exact) mass is 942 g/mol. The van der Waals surface area contributed by atoms with E-state index in [0.717, 1.165) is 45.3 Å². The molecule has 65 heavy (non-hydrogen) atoms. The van der Waals surface area contributed by atoms with E-state index in [1.165, 1.54) is 40.1 Å². The lowest BCUT2D eigenvalue weighted by Gasteiger charge is -2.37. The molecule has 2 aliphatic heterocycles. The number of piperazine rings is 2. The second-order valence-electron chi connectivity index (χ2n) is 15.2. The molecule has 19 heteroatoms. The number of likely N-dealkylation sites (N-methyl/N-ethyl adjacent to an activating group) is 2. The van der Waals surface area contributed by atoms with Gasteiger partial charge in [-0.15, -0.1) is 0 Å². The number of carbonyl (C=O) groups excluding carboxylic acids is 5. The van der Waals surface area contributed by atoms with Gasteiger partial charge in [-0.05, 0) is 61.6 Å². The van der Waals surface area contributed by atoms with Crippen LogP contribution in [-0.2, 0) is 17.9 Å². The van der Waals surface area contributed by atoms with Gasteiger partial charge in [0, 0.05) is 96.0 Å². The minimum Gasteiger partial charge on any atom is -0.344 e. The van der Waals surface area contributed by atoms with Crippen LogP contribution in [0.2, 0.25) is 10.0 Å². The van der Waals surface area contributed by atoms with E-state index in [2.05, 4.69) is 23.6 Å². The van der Waals surface area contributed by atoms with Gasteiger partial charge in [0.1, 0.15) is 11.6 Å². The van der Waals surface area contributed by atoms with Crippen LogP contribution in [0.3, 0.4) is 0 Å². The van der Waals surface area contributed by atoms with Gasteiger partial charge < -0.3 is 30.7 Å². The molecule has 2 fully saturated rings. The van der Waals surface area contributed by atoms with Gasteiger partial charge in [-0.2, -0.15) is 8.78 Å². The van der Waals surface area contributed by atoms with Crippen molar-refractivity contribution in [3.8, 4) is 0 Å². The maximum atomic E-state index is 15.0. The summed E-state index contributed by atoms with van der Waals surface area (Å²) in [6, 6.07) is 21.0. The molecule has 2 saturated heterocycles. The van der Waals surface area contributed by atoms with Crippen molar-refractivity contribution < 1.29 is 41.5 Å². The van der Waals surface area contributed by atoms with Crippen LogP contribution in [0.4, 0.5) is 38.5 Å². The Balaban J connectivity index is 0.000000247. The molecule has 0 spiro atoms. The Morgan fingerprint density at radius 3 is 1.40 bits per heavy atom. The zero-order chi connectivity index (χ0) is 47.2. The first-order chi connectivity index (χ1) is 31.1. The Morgan fingerprint density at radius 1 is 0.631 bits per heavy atom. The standard InChI is InChI=1S/C24H26ClF3N4O3.C22H26ClFN4O2/c1-2-30-8-10-31(11-9-30)24(35)32(19-5-3-4-18(25)13-19)15-17-7-6-16(12-20(17)26)21(33)14-29-23(34)22(27)28;1-2-26-8-10-27(11-9-26)22(30)28(19-5-3-4-18(23)13-19)15-17-7-6-16(12-20(17)24)21(29)14-25/h3-7,12-13,22H,2,8-11,14-15H2,1H3,(H,29,34);3-7,12-13H,2,8-11,14-15,25H2,1H3. The summed E-state index contributed by atoms with van der Waals surface area (Å²) in [7, 11) is 0. The topological polar surface area (TPSA) is 143 Å². The molecule has 4 aromatic rings. The highest BCUT2D eigenvalue weighted by Crippen LogP contribution is 2.27. The average molecular weight is 944 g/mol. The first-order valence-electron chi connectivity index (χ1n) is 21.1. The van der Waals surface area contributed by atoms with E-state index in [4.69, 9.17) is 28.9 Å². The van der Waals surface area contributed by atoms with Crippen molar-refractivity contribution in [1.29, 1.82) is 0 Å². The summed E-state index contributed by atoms with van der Waals surface area (Å²) >= 11 is 12.3. The zero-order valence-electron chi connectivity index (χ0n) is 36.1. The highest BCUT2D eigenvalue weighted by molar-refractivity contribution is 6.31. The van der Waals surface area contributed by atoms with Gasteiger partial charge in [-0.3, -0.25) is 24.2 Å². The fraction of sp³-hybridized carbons (Fsp3) is 0.370. The van der Waals surface area contributed by atoms with Crippen molar-refractivity contribution in [3.05, 3.63) is 129 Å². The lowest BCUT2D eigenvalue weighted by atomic mass is 10.1. The first kappa shape index (κ1) is 50.4. The third-order valence-electron chi connectivity index (χ3n) is 11.1. The second kappa shape index (κ2) is 24.1. The van der Waals surface area contributed by atoms with Gasteiger partial charge in [0.25, 0.3) is 5.91 Å². The maximum absolute atomic E-state index is 15.0. The molecule has 348 valence electrons. The number of ketones is 2. The number of nitrogens with one attached hydrogen (secondary N) is 1. The summed E-state index contributed by atoms with van der Waals surface area (Å²) in [5.74, 6) is -3.93. The minimum absolute atomic E-state index is 0.0239. The molecule has 0 aromatic heterocycles. The molecule has 5 amide bonds. The molecule has 0 aliphatic carbocycles. The van der Waals surface area contributed by atoms with Crippen molar-refractivity contribution >= 4 is 64.1 Å². The number of anilines is 2. The average Bonchev–Trinajstić information content (AvgIpc) is 3.31. The maximum Gasteiger partial charge on any atom is 0.324 e. The van der Waals surface area contributed by atoms with Gasteiger partial charge in [0.2, 0.25) is 0 Å². The van der Waals surface area contributed by atoms with Crippen molar-refractivity contribution in [2.24, 2.45) is 5.73 Å². The molecule has 0 bridgehead atoms. The number of carbonyl (C=O) groups is 5. The molecular formula is C46H52Cl2F4N8O5. The number of nitrogens with two attached hydrogens (primary N) is 1. The molecule has 0 radical (unpaired) electrons. The van der Waals surface area contributed by atoms with Crippen LogP contribution < -0.4 is 20.9 Å². The third kappa shape index (κ3) is 14.0. The van der Waals surface area contributed by atoms with E-state index in [1.807, 2.05) is 0 Å². The van der Waals surface area contributed by atoms with E-state index in [1.54, 1.807) is 63.6 Å². The second-order valence-corrected chi connectivity index (χ2v) is 16.1. The van der Waals surface area contributed by atoms with Crippen LogP contribution in [-0.4, -0.2) is 134 Å². The Bertz CT molecular complexity index is 2310. The van der Waals surface area contributed by atoms with Crippen molar-refractivity contribution in [1.82, 2.24) is 24.9 Å². The summed E-state index contributed by atoms with van der Waals surface area (Å²) in [6.45, 7) is 10.4. The molecule has 3 N–H and O–H groups in total. The number of alkyl halides is 2. The van der Waals surface area contributed by atoms with Crippen LogP contribution in [0, 0.1) is 11.6 Å². The van der Waals surface area contributed by atoms with Crippen LogP contribution in [0.25, 0.3) is 0 Å². The summed E-state index contributed by atoms with van der Waals surface area (Å²) in [5, 5.41) is 2.71. The number of amides is 5. The Kier molecular flexibility index (Phi) is 18.7. The van der Waals surface area contributed by atoms with E-state index in [0.29, 0.717) is 53.2 Å². The summed E-state index contributed by atoms with van der Waals surface area (Å²) < 4.78 is 54.3. The number of rotatable bonds is 14. The number of urea groups is 2. The quantitative estimate of drug-likeness (QED) is 0.100. The summed E-state index contributed by atoms with van der Waals surface area (Å²) in [6.07, 6.45) is -3.25. The third-order valence-corrected chi connectivity index (χ3v) is 11.6. The predicted molar refractivity (Wildman–Crippen MR) is 243 cm³/mol. The van der Waals surface area contributed by atoms with E-state index in [9.17, 15) is 41.5 Å². The van der Waals surface area contributed by atoms with Gasteiger partial charge in [-0.25, -0.2) is 18.4 Å². The number of nitrogens with zero attached hydrogens (tertiary/aromatic N) is 6. The highest BCUT2D eigenvalue weighted by atomic mass is 35.5. The molecule has 6 rings (SSSR count). The number of halogens is 6. The zero-order valence-corrected chi connectivity index (χ0v) is 37.6. The van der Waals surface area contributed by atoms with Crippen molar-refractivity contribution in [2.75, 3.05) is 88.3 Å². The number of Topliss-reactive ketones (excluding diaryl/α,β-unsaturated/α-hetero) is 2. The number of hydrogen-bond acceptors (Lipinski definition) is 8. The van der Waals surface area contributed by atoms with Crippen molar-refractivity contribution in [2.45, 2.75) is 33.4 Å². The van der Waals surface area contributed by atoms with Crippen molar-refractivity contribution in [3.63, 3.8) is 0 Å². The van der Waals surface area contributed by atoms with Crippen LogP contribution in [0.5, 0.6) is 0 Å². The van der Waals surface area contributed by atoms with Gasteiger partial charge in [0.05, 0.1) is 26.2 Å². The molecule has 4 aromatic carbocycles. The van der Waals surface area contributed by atoms with Crippen LogP contribution >= 0.6 is 23.2 Å². The molecule has 13 nitrogen and oxygen atoms in total. The molecule has 2 aliphatic rings. The molecule has 2 heterocycles. The molecule has 0 atom stereocenters. The normalized spacial score (nSPS) is 14.4. The van der Waals surface area contributed by atoms with Gasteiger partial charge >= 0.3 is 18.5 Å². The minimum atomic E-state index is -3.25. The largest absolute Gasteiger partial charge is 0.344 e.